The van der Waals surface area contributed by atoms with Gasteiger partial charge in [-0.2, -0.15) is 0 Å². The standard InChI is InChI=1S/C23H27Cl2N3O6S/c1-14(2)26-23(30)15(3)27(11-16-5-7-18(24)19(25)9-16)22(29)12-28(35(4,31)32)17-6-8-20-21(10-17)34-13-33-20/h5-10,14-15H,11-13H2,1-4H3,(H,26,30)/t15-/m0/s1. The first kappa shape index (κ1) is 26.9. The van der Waals surface area contributed by atoms with Gasteiger partial charge in [0.2, 0.25) is 28.6 Å². The molecule has 9 nitrogen and oxygen atoms in total. The minimum absolute atomic E-state index is 0.0150. The summed E-state index contributed by atoms with van der Waals surface area (Å²) in [7, 11) is -3.86. The Morgan fingerprint density at radius 2 is 1.71 bits per heavy atom. The van der Waals surface area contributed by atoms with Gasteiger partial charge < -0.3 is 19.7 Å². The van der Waals surface area contributed by atoms with Crippen LogP contribution in [0.25, 0.3) is 0 Å². The fraction of sp³-hybridized carbons (Fsp3) is 0.391. The molecule has 2 amide bonds. The van der Waals surface area contributed by atoms with Gasteiger partial charge in [0, 0.05) is 18.7 Å². The number of nitrogens with zero attached hydrogens (tertiary/aromatic N) is 2. The summed E-state index contributed by atoms with van der Waals surface area (Å²) in [5, 5.41) is 3.44. The number of anilines is 1. The highest BCUT2D eigenvalue weighted by Gasteiger charge is 2.31. The maximum Gasteiger partial charge on any atom is 0.244 e. The molecule has 0 saturated heterocycles. The molecule has 0 aliphatic carbocycles. The first-order chi connectivity index (χ1) is 16.4. The minimum atomic E-state index is -3.86. The Bertz CT molecular complexity index is 1220. The van der Waals surface area contributed by atoms with Crippen molar-refractivity contribution in [3.8, 4) is 11.5 Å². The molecule has 0 saturated carbocycles. The summed E-state index contributed by atoms with van der Waals surface area (Å²) in [6.07, 6.45) is 1.00. The molecule has 0 unspecified atom stereocenters. The monoisotopic (exact) mass is 543 g/mol. The third-order valence-corrected chi connectivity index (χ3v) is 7.14. The van der Waals surface area contributed by atoms with Gasteiger partial charge in [0.15, 0.2) is 11.5 Å². The van der Waals surface area contributed by atoms with E-state index in [4.69, 9.17) is 32.7 Å². The van der Waals surface area contributed by atoms with Crippen LogP contribution in [-0.4, -0.2) is 56.8 Å². The largest absolute Gasteiger partial charge is 0.454 e. The maximum absolute atomic E-state index is 13.5. The number of hydrogen-bond donors (Lipinski definition) is 1. The predicted molar refractivity (Wildman–Crippen MR) is 135 cm³/mol. The van der Waals surface area contributed by atoms with Crippen LogP contribution in [0, 0.1) is 0 Å². The Hall–Kier alpha value is -2.69. The van der Waals surface area contributed by atoms with E-state index in [1.807, 2.05) is 0 Å². The molecule has 12 heteroatoms. The first-order valence-corrected chi connectivity index (χ1v) is 13.4. The highest BCUT2D eigenvalue weighted by Crippen LogP contribution is 2.36. The van der Waals surface area contributed by atoms with Gasteiger partial charge in [-0.1, -0.05) is 29.3 Å². The van der Waals surface area contributed by atoms with Crippen molar-refractivity contribution in [2.75, 3.05) is 23.9 Å². The van der Waals surface area contributed by atoms with Gasteiger partial charge in [-0.3, -0.25) is 13.9 Å². The molecule has 1 heterocycles. The van der Waals surface area contributed by atoms with E-state index < -0.39 is 28.5 Å². The number of halogens is 2. The molecule has 0 aromatic heterocycles. The first-order valence-electron chi connectivity index (χ1n) is 10.8. The van der Waals surface area contributed by atoms with Gasteiger partial charge in [0.1, 0.15) is 12.6 Å². The topological polar surface area (TPSA) is 105 Å². The molecule has 2 aromatic carbocycles. The van der Waals surface area contributed by atoms with Crippen molar-refractivity contribution in [3.63, 3.8) is 0 Å². The zero-order chi connectivity index (χ0) is 25.9. The highest BCUT2D eigenvalue weighted by atomic mass is 35.5. The van der Waals surface area contributed by atoms with E-state index in [2.05, 4.69) is 5.32 Å². The second-order valence-electron chi connectivity index (χ2n) is 8.42. The second kappa shape index (κ2) is 10.9. The summed E-state index contributed by atoms with van der Waals surface area (Å²) in [5.41, 5.74) is 0.866. The lowest BCUT2D eigenvalue weighted by Gasteiger charge is -2.32. The predicted octanol–water partition coefficient (Wildman–Crippen LogP) is 3.43. The summed E-state index contributed by atoms with van der Waals surface area (Å²) in [4.78, 5) is 27.6. The number of rotatable bonds is 9. The summed E-state index contributed by atoms with van der Waals surface area (Å²) in [5.74, 6) is -0.0948. The molecule has 0 bridgehead atoms. The Morgan fingerprint density at radius 1 is 1.03 bits per heavy atom. The number of sulfonamides is 1. The van der Waals surface area contributed by atoms with Crippen LogP contribution in [0.4, 0.5) is 5.69 Å². The van der Waals surface area contributed by atoms with Crippen molar-refractivity contribution in [2.45, 2.75) is 39.4 Å². The van der Waals surface area contributed by atoms with Crippen molar-refractivity contribution in [3.05, 3.63) is 52.0 Å². The summed E-state index contributed by atoms with van der Waals surface area (Å²) in [6, 6.07) is 8.44. The quantitative estimate of drug-likeness (QED) is 0.519. The van der Waals surface area contributed by atoms with Crippen LogP contribution in [0.2, 0.25) is 10.0 Å². The molecule has 2 aromatic rings. The van der Waals surface area contributed by atoms with Gasteiger partial charge in [0.05, 0.1) is 22.0 Å². The van der Waals surface area contributed by atoms with Gasteiger partial charge in [0.25, 0.3) is 0 Å². The summed E-state index contributed by atoms with van der Waals surface area (Å²) >= 11 is 12.1. The number of amides is 2. The molecule has 1 aliphatic heterocycles. The number of fused-ring (bicyclic) bond motifs is 1. The molecular formula is C23H27Cl2N3O6S. The fourth-order valence-electron chi connectivity index (χ4n) is 3.48. The number of carbonyl (C=O) groups excluding carboxylic acids is 2. The minimum Gasteiger partial charge on any atom is -0.454 e. The van der Waals surface area contributed by atoms with E-state index in [-0.39, 0.29) is 31.0 Å². The summed E-state index contributed by atoms with van der Waals surface area (Å²) < 4.78 is 36.9. The van der Waals surface area contributed by atoms with Crippen LogP contribution in [0.3, 0.4) is 0 Å². The van der Waals surface area contributed by atoms with Crippen molar-refractivity contribution in [2.24, 2.45) is 0 Å². The average molecular weight is 544 g/mol. The maximum atomic E-state index is 13.5. The Labute approximate surface area is 214 Å². The fourth-order valence-corrected chi connectivity index (χ4v) is 4.64. The van der Waals surface area contributed by atoms with E-state index >= 15 is 0 Å². The number of carbonyl (C=O) groups is 2. The summed E-state index contributed by atoms with van der Waals surface area (Å²) in [6.45, 7) is 4.71. The van der Waals surface area contributed by atoms with Crippen molar-refractivity contribution in [1.82, 2.24) is 10.2 Å². The average Bonchev–Trinajstić information content (AvgIpc) is 3.24. The lowest BCUT2D eigenvalue weighted by molar-refractivity contribution is -0.139. The van der Waals surface area contributed by atoms with Gasteiger partial charge in [-0.05, 0) is 50.6 Å². The van der Waals surface area contributed by atoms with Crippen molar-refractivity contribution < 1.29 is 27.5 Å². The third-order valence-electron chi connectivity index (χ3n) is 5.26. The molecule has 1 aliphatic rings. The normalized spacial score (nSPS) is 13.5. The second-order valence-corrected chi connectivity index (χ2v) is 11.1. The van der Waals surface area contributed by atoms with Gasteiger partial charge in [-0.15, -0.1) is 0 Å². The third kappa shape index (κ3) is 6.71. The molecule has 3 rings (SSSR count). The van der Waals surface area contributed by atoms with Gasteiger partial charge in [-0.25, -0.2) is 8.42 Å². The number of ether oxygens (including phenoxy) is 2. The SMILES string of the molecule is CC(C)NC(=O)[C@H](C)N(Cc1ccc(Cl)c(Cl)c1)C(=O)CN(c1ccc2c(c1)OCO2)S(C)(=O)=O. The van der Waals surface area contributed by atoms with Crippen LogP contribution in [0.15, 0.2) is 36.4 Å². The molecule has 0 spiro atoms. The zero-order valence-corrected chi connectivity index (χ0v) is 22.1. The molecule has 1 N–H and O–H groups in total. The highest BCUT2D eigenvalue weighted by molar-refractivity contribution is 7.92. The molecule has 0 fully saturated rings. The van der Waals surface area contributed by atoms with E-state index in [9.17, 15) is 18.0 Å². The zero-order valence-electron chi connectivity index (χ0n) is 19.7. The van der Waals surface area contributed by atoms with Gasteiger partial charge >= 0.3 is 0 Å². The molecule has 0 radical (unpaired) electrons. The lowest BCUT2D eigenvalue weighted by atomic mass is 10.1. The van der Waals surface area contributed by atoms with Crippen molar-refractivity contribution >= 4 is 50.7 Å². The van der Waals surface area contributed by atoms with Crippen LogP contribution in [0.5, 0.6) is 11.5 Å². The number of nitrogens with one attached hydrogen (secondary N) is 1. The van der Waals surface area contributed by atoms with Crippen LogP contribution >= 0.6 is 23.2 Å². The molecular weight excluding hydrogens is 517 g/mol. The Morgan fingerprint density at radius 3 is 2.34 bits per heavy atom. The van der Waals surface area contributed by atoms with Crippen LogP contribution in [0.1, 0.15) is 26.3 Å². The van der Waals surface area contributed by atoms with E-state index in [1.165, 1.54) is 17.0 Å². The smallest absolute Gasteiger partial charge is 0.244 e. The van der Waals surface area contributed by atoms with E-state index in [0.29, 0.717) is 27.1 Å². The van der Waals surface area contributed by atoms with Crippen molar-refractivity contribution in [1.29, 1.82) is 0 Å². The van der Waals surface area contributed by atoms with E-state index in [1.54, 1.807) is 45.0 Å². The number of benzene rings is 2. The lowest BCUT2D eigenvalue weighted by Crippen LogP contribution is -2.52. The Balaban J connectivity index is 1.93. The van der Waals surface area contributed by atoms with E-state index in [0.717, 1.165) is 10.6 Å². The molecule has 1 atom stereocenters. The van der Waals surface area contributed by atoms with Crippen LogP contribution < -0.4 is 19.1 Å². The Kier molecular flexibility index (Phi) is 8.40. The van der Waals surface area contributed by atoms with Crippen LogP contribution in [-0.2, 0) is 26.2 Å². The molecule has 35 heavy (non-hydrogen) atoms. The molecule has 190 valence electrons. The number of hydrogen-bond acceptors (Lipinski definition) is 6.